The summed E-state index contributed by atoms with van der Waals surface area (Å²) in [6, 6.07) is 0.627. The lowest BCUT2D eigenvalue weighted by atomic mass is 9.77. The maximum atomic E-state index is 5.25. The maximum absolute atomic E-state index is 5.25. The van der Waals surface area contributed by atoms with Gasteiger partial charge in [0.05, 0.1) is 6.54 Å². The van der Waals surface area contributed by atoms with Crippen molar-refractivity contribution in [1.82, 2.24) is 10.2 Å². The van der Waals surface area contributed by atoms with E-state index in [0.717, 1.165) is 12.0 Å². The second-order valence-electron chi connectivity index (χ2n) is 5.93. The lowest BCUT2D eigenvalue weighted by molar-refractivity contribution is 0.0815. The SMILES string of the molecule is C#CCNCC(C)N1CCC2(CCCC2)CC1. The Kier molecular flexibility index (Phi) is 4.48. The van der Waals surface area contributed by atoms with Crippen molar-refractivity contribution in [2.24, 2.45) is 5.41 Å². The molecule has 1 saturated carbocycles. The Balaban J connectivity index is 1.72. The maximum Gasteiger partial charge on any atom is 0.0574 e. The van der Waals surface area contributed by atoms with Crippen LogP contribution in [-0.4, -0.2) is 37.1 Å². The van der Waals surface area contributed by atoms with E-state index >= 15 is 0 Å². The third-order valence-electron chi connectivity index (χ3n) is 4.81. The summed E-state index contributed by atoms with van der Waals surface area (Å²) >= 11 is 0. The Morgan fingerprint density at radius 3 is 2.47 bits per heavy atom. The number of rotatable bonds is 4. The van der Waals surface area contributed by atoms with E-state index in [9.17, 15) is 0 Å². The fourth-order valence-corrected chi connectivity index (χ4v) is 3.55. The van der Waals surface area contributed by atoms with Gasteiger partial charge in [0.15, 0.2) is 0 Å². The van der Waals surface area contributed by atoms with Gasteiger partial charge in [-0.3, -0.25) is 4.90 Å². The van der Waals surface area contributed by atoms with E-state index in [1.54, 1.807) is 0 Å². The van der Waals surface area contributed by atoms with Crippen LogP contribution in [0.3, 0.4) is 0 Å². The number of hydrogen-bond acceptors (Lipinski definition) is 2. The summed E-state index contributed by atoms with van der Waals surface area (Å²) in [6.45, 7) is 6.62. The molecule has 17 heavy (non-hydrogen) atoms. The molecule has 0 bridgehead atoms. The van der Waals surface area contributed by atoms with E-state index in [1.165, 1.54) is 51.6 Å². The van der Waals surface area contributed by atoms with Gasteiger partial charge in [0.2, 0.25) is 0 Å². The van der Waals surface area contributed by atoms with Crippen molar-refractivity contribution in [2.45, 2.75) is 51.5 Å². The molecule has 2 fully saturated rings. The molecule has 0 aromatic heterocycles. The summed E-state index contributed by atoms with van der Waals surface area (Å²) in [5, 5.41) is 3.32. The van der Waals surface area contributed by atoms with Crippen molar-refractivity contribution in [3.8, 4) is 12.3 Å². The standard InChI is InChI=1S/C15H26N2/c1-3-10-16-13-14(2)17-11-8-15(9-12-17)6-4-5-7-15/h1,14,16H,4-13H2,2H3. The van der Waals surface area contributed by atoms with E-state index < -0.39 is 0 Å². The normalized spacial score (nSPS) is 25.9. The Hall–Kier alpha value is -0.520. The fourth-order valence-electron chi connectivity index (χ4n) is 3.55. The molecule has 0 aromatic rings. The Bertz CT molecular complexity index is 263. The minimum absolute atomic E-state index is 0.627. The highest BCUT2D eigenvalue weighted by atomic mass is 15.2. The van der Waals surface area contributed by atoms with Crippen LogP contribution in [0.2, 0.25) is 0 Å². The molecule has 1 aliphatic heterocycles. The first kappa shape index (κ1) is 12.9. The summed E-state index contributed by atoms with van der Waals surface area (Å²) in [5.41, 5.74) is 0.739. The second-order valence-corrected chi connectivity index (χ2v) is 5.93. The van der Waals surface area contributed by atoms with E-state index in [-0.39, 0.29) is 0 Å². The van der Waals surface area contributed by atoms with Crippen LogP contribution in [0.4, 0.5) is 0 Å². The largest absolute Gasteiger partial charge is 0.305 e. The summed E-state index contributed by atoms with van der Waals surface area (Å²) in [6.07, 6.45) is 14.0. The predicted octanol–water partition coefficient (Wildman–Crippen LogP) is 2.25. The van der Waals surface area contributed by atoms with Crippen molar-refractivity contribution in [3.05, 3.63) is 0 Å². The van der Waals surface area contributed by atoms with E-state index in [1.807, 2.05) is 0 Å². The molecule has 0 aromatic carbocycles. The Morgan fingerprint density at radius 2 is 1.88 bits per heavy atom. The van der Waals surface area contributed by atoms with Crippen LogP contribution in [0.5, 0.6) is 0 Å². The van der Waals surface area contributed by atoms with Gasteiger partial charge in [0.25, 0.3) is 0 Å². The molecule has 1 saturated heterocycles. The predicted molar refractivity (Wildman–Crippen MR) is 72.9 cm³/mol. The molecule has 1 aliphatic carbocycles. The molecule has 1 unspecified atom stereocenters. The molecular formula is C15H26N2. The zero-order chi connectivity index (χ0) is 12.1. The molecule has 1 atom stereocenters. The van der Waals surface area contributed by atoms with Gasteiger partial charge in [-0.05, 0) is 51.1 Å². The van der Waals surface area contributed by atoms with Gasteiger partial charge in [-0.2, -0.15) is 0 Å². The minimum Gasteiger partial charge on any atom is -0.305 e. The van der Waals surface area contributed by atoms with Crippen molar-refractivity contribution < 1.29 is 0 Å². The van der Waals surface area contributed by atoms with E-state index in [2.05, 4.69) is 23.1 Å². The molecule has 2 rings (SSSR count). The van der Waals surface area contributed by atoms with Crippen LogP contribution >= 0.6 is 0 Å². The van der Waals surface area contributed by atoms with Gasteiger partial charge < -0.3 is 5.32 Å². The quantitative estimate of drug-likeness (QED) is 0.593. The molecule has 2 aliphatic rings. The summed E-state index contributed by atoms with van der Waals surface area (Å²) in [5.74, 6) is 2.64. The van der Waals surface area contributed by atoms with E-state index in [4.69, 9.17) is 6.42 Å². The molecule has 96 valence electrons. The number of likely N-dealkylation sites (tertiary alicyclic amines) is 1. The lowest BCUT2D eigenvalue weighted by Crippen LogP contribution is -2.47. The highest BCUT2D eigenvalue weighted by Crippen LogP contribution is 2.46. The molecule has 0 amide bonds. The Labute approximate surface area is 106 Å². The molecular weight excluding hydrogens is 208 g/mol. The van der Waals surface area contributed by atoms with Gasteiger partial charge in [0, 0.05) is 12.6 Å². The summed E-state index contributed by atoms with van der Waals surface area (Å²) < 4.78 is 0. The number of nitrogens with one attached hydrogen (secondary N) is 1. The van der Waals surface area contributed by atoms with Crippen LogP contribution in [0.1, 0.15) is 45.4 Å². The van der Waals surface area contributed by atoms with E-state index in [0.29, 0.717) is 12.6 Å². The molecule has 1 heterocycles. The third-order valence-corrected chi connectivity index (χ3v) is 4.81. The van der Waals surface area contributed by atoms with Crippen LogP contribution in [0, 0.1) is 17.8 Å². The molecule has 1 spiro atoms. The van der Waals surface area contributed by atoms with Crippen LogP contribution in [-0.2, 0) is 0 Å². The van der Waals surface area contributed by atoms with Gasteiger partial charge in [-0.1, -0.05) is 18.8 Å². The lowest BCUT2D eigenvalue weighted by Gasteiger charge is -2.42. The third kappa shape index (κ3) is 3.24. The first-order chi connectivity index (χ1) is 8.26. The monoisotopic (exact) mass is 234 g/mol. The van der Waals surface area contributed by atoms with Crippen LogP contribution in [0.25, 0.3) is 0 Å². The summed E-state index contributed by atoms with van der Waals surface area (Å²) in [4.78, 5) is 2.63. The van der Waals surface area contributed by atoms with Crippen LogP contribution < -0.4 is 5.32 Å². The average Bonchev–Trinajstić information content (AvgIpc) is 2.79. The van der Waals surface area contributed by atoms with Crippen molar-refractivity contribution in [1.29, 1.82) is 0 Å². The number of piperidine rings is 1. The van der Waals surface area contributed by atoms with Crippen LogP contribution in [0.15, 0.2) is 0 Å². The average molecular weight is 234 g/mol. The first-order valence-electron chi connectivity index (χ1n) is 7.14. The molecule has 1 N–H and O–H groups in total. The van der Waals surface area contributed by atoms with Gasteiger partial charge in [-0.15, -0.1) is 6.42 Å². The molecule has 2 heteroatoms. The highest BCUT2D eigenvalue weighted by molar-refractivity contribution is 4.91. The van der Waals surface area contributed by atoms with Gasteiger partial charge in [-0.25, -0.2) is 0 Å². The van der Waals surface area contributed by atoms with Crippen molar-refractivity contribution in [2.75, 3.05) is 26.2 Å². The first-order valence-corrected chi connectivity index (χ1v) is 7.14. The zero-order valence-corrected chi connectivity index (χ0v) is 11.2. The minimum atomic E-state index is 0.627. The summed E-state index contributed by atoms with van der Waals surface area (Å²) in [7, 11) is 0. The number of nitrogens with zero attached hydrogens (tertiary/aromatic N) is 1. The fraction of sp³-hybridized carbons (Fsp3) is 0.867. The van der Waals surface area contributed by atoms with Gasteiger partial charge >= 0.3 is 0 Å². The topological polar surface area (TPSA) is 15.3 Å². The van der Waals surface area contributed by atoms with Gasteiger partial charge in [0.1, 0.15) is 0 Å². The second kappa shape index (κ2) is 5.89. The number of terminal acetylenes is 1. The van der Waals surface area contributed by atoms with Crippen molar-refractivity contribution >= 4 is 0 Å². The number of hydrogen-bond donors (Lipinski definition) is 1. The molecule has 2 nitrogen and oxygen atoms in total. The Morgan fingerprint density at radius 1 is 1.24 bits per heavy atom. The smallest absolute Gasteiger partial charge is 0.0574 e. The van der Waals surface area contributed by atoms with Crippen molar-refractivity contribution in [3.63, 3.8) is 0 Å². The highest BCUT2D eigenvalue weighted by Gasteiger charge is 2.37. The zero-order valence-electron chi connectivity index (χ0n) is 11.2. The molecule has 0 radical (unpaired) electrons.